The molecule has 7 nitrogen and oxygen atoms in total. The van der Waals surface area contributed by atoms with E-state index >= 15 is 0 Å². The molecule has 0 aliphatic heterocycles. The molecular formula is C15H15NO6. The first-order valence-corrected chi connectivity index (χ1v) is 6.65. The van der Waals surface area contributed by atoms with Gasteiger partial charge in [0.25, 0.3) is 0 Å². The molecule has 4 N–H and O–H groups in total. The van der Waals surface area contributed by atoms with Crippen molar-refractivity contribution in [3.63, 3.8) is 0 Å². The summed E-state index contributed by atoms with van der Waals surface area (Å²) in [4.78, 5) is 34.2. The molecule has 22 heavy (non-hydrogen) atoms. The molecule has 1 aromatic carbocycles. The highest BCUT2D eigenvalue weighted by atomic mass is 16.4. The lowest BCUT2D eigenvalue weighted by molar-refractivity contribution is -0.146. The molecule has 0 aromatic heterocycles. The number of aromatic carboxylic acids is 1. The third-order valence-electron chi connectivity index (χ3n) is 3.58. The van der Waals surface area contributed by atoms with Gasteiger partial charge in [0, 0.05) is 11.8 Å². The van der Waals surface area contributed by atoms with Gasteiger partial charge in [-0.2, -0.15) is 0 Å². The summed E-state index contributed by atoms with van der Waals surface area (Å²) >= 11 is 0. The smallest absolute Gasteiger partial charge is 0.339 e. The topological polar surface area (TPSA) is 124 Å². The van der Waals surface area contributed by atoms with Gasteiger partial charge in [-0.1, -0.05) is 12.2 Å². The summed E-state index contributed by atoms with van der Waals surface area (Å²) in [5, 5.41) is 30.1. The number of aliphatic carboxylic acids is 1. The first-order chi connectivity index (χ1) is 10.4. The molecule has 7 heteroatoms. The molecule has 1 amide bonds. The van der Waals surface area contributed by atoms with Gasteiger partial charge in [-0.25, -0.2) is 4.79 Å². The van der Waals surface area contributed by atoms with Crippen molar-refractivity contribution in [1.29, 1.82) is 0 Å². The number of hydrogen-bond donors (Lipinski definition) is 4. The molecule has 0 bridgehead atoms. The van der Waals surface area contributed by atoms with Gasteiger partial charge >= 0.3 is 11.9 Å². The van der Waals surface area contributed by atoms with Crippen LogP contribution in [0.5, 0.6) is 5.75 Å². The molecule has 116 valence electrons. The average molecular weight is 305 g/mol. The van der Waals surface area contributed by atoms with Gasteiger partial charge in [0.15, 0.2) is 0 Å². The second kappa shape index (κ2) is 6.30. The van der Waals surface area contributed by atoms with Crippen molar-refractivity contribution < 1.29 is 29.7 Å². The first-order valence-electron chi connectivity index (χ1n) is 6.65. The first kappa shape index (κ1) is 15.6. The molecule has 2 rings (SSSR count). The molecular weight excluding hydrogens is 290 g/mol. The van der Waals surface area contributed by atoms with Crippen molar-refractivity contribution >= 4 is 23.5 Å². The van der Waals surface area contributed by atoms with Gasteiger partial charge in [-0.05, 0) is 25.0 Å². The van der Waals surface area contributed by atoms with Gasteiger partial charge in [-0.15, -0.1) is 0 Å². The van der Waals surface area contributed by atoms with Crippen LogP contribution in [0.2, 0.25) is 0 Å². The van der Waals surface area contributed by atoms with Crippen LogP contribution in [0.25, 0.3) is 0 Å². The van der Waals surface area contributed by atoms with Crippen LogP contribution in [-0.2, 0) is 9.59 Å². The van der Waals surface area contributed by atoms with E-state index in [4.69, 9.17) is 10.2 Å². The molecule has 2 atom stereocenters. The summed E-state index contributed by atoms with van der Waals surface area (Å²) < 4.78 is 0. The standard InChI is InChI=1S/C15H15NO6/c17-12-7-8(5-6-11(12)15(21)22)16-13(18)9-3-1-2-4-10(9)14(19)20/h1-2,5-7,9-10,17H,3-4H2,(H,16,18)(H,19,20)(H,21,22)/t9-,10+/m1/s1. The van der Waals surface area contributed by atoms with Crippen LogP contribution in [-0.4, -0.2) is 33.2 Å². The summed E-state index contributed by atoms with van der Waals surface area (Å²) in [6.45, 7) is 0. The van der Waals surface area contributed by atoms with E-state index in [9.17, 15) is 19.5 Å². The van der Waals surface area contributed by atoms with Gasteiger partial charge in [0.1, 0.15) is 11.3 Å². The quantitative estimate of drug-likeness (QED) is 0.628. The summed E-state index contributed by atoms with van der Waals surface area (Å²) in [5.41, 5.74) is -0.0618. The van der Waals surface area contributed by atoms with E-state index in [1.54, 1.807) is 12.2 Å². The van der Waals surface area contributed by atoms with Crippen LogP contribution in [0.4, 0.5) is 5.69 Å². The Bertz CT molecular complexity index is 651. The number of carboxylic acids is 2. The number of anilines is 1. The molecule has 0 fully saturated rings. The third-order valence-corrected chi connectivity index (χ3v) is 3.58. The lowest BCUT2D eigenvalue weighted by Crippen LogP contribution is -2.34. The molecule has 1 aliphatic rings. The fourth-order valence-electron chi connectivity index (χ4n) is 2.40. The highest BCUT2D eigenvalue weighted by Crippen LogP contribution is 2.28. The van der Waals surface area contributed by atoms with Gasteiger partial charge in [-0.3, -0.25) is 9.59 Å². The largest absolute Gasteiger partial charge is 0.507 e. The fourth-order valence-corrected chi connectivity index (χ4v) is 2.40. The predicted molar refractivity (Wildman–Crippen MR) is 76.7 cm³/mol. The number of hydrogen-bond acceptors (Lipinski definition) is 4. The maximum absolute atomic E-state index is 12.2. The number of carbonyl (C=O) groups excluding carboxylic acids is 1. The highest BCUT2D eigenvalue weighted by molar-refractivity contribution is 5.97. The Balaban J connectivity index is 2.14. The Morgan fingerprint density at radius 1 is 1.05 bits per heavy atom. The maximum atomic E-state index is 12.2. The van der Waals surface area contributed by atoms with Crippen LogP contribution in [0.3, 0.4) is 0 Å². The van der Waals surface area contributed by atoms with E-state index in [-0.39, 0.29) is 17.7 Å². The van der Waals surface area contributed by atoms with Gasteiger partial charge < -0.3 is 20.6 Å². The molecule has 0 saturated heterocycles. The predicted octanol–water partition coefficient (Wildman–Crippen LogP) is 1.70. The molecule has 0 spiro atoms. The number of aromatic hydroxyl groups is 1. The zero-order valence-corrected chi connectivity index (χ0v) is 11.5. The average Bonchev–Trinajstić information content (AvgIpc) is 2.46. The number of benzene rings is 1. The molecule has 1 aliphatic carbocycles. The van der Waals surface area contributed by atoms with Crippen molar-refractivity contribution in [1.82, 2.24) is 0 Å². The summed E-state index contributed by atoms with van der Waals surface area (Å²) in [6, 6.07) is 3.63. The van der Waals surface area contributed by atoms with Crippen molar-refractivity contribution in [2.45, 2.75) is 12.8 Å². The van der Waals surface area contributed by atoms with Crippen LogP contribution in [0, 0.1) is 11.8 Å². The van der Waals surface area contributed by atoms with E-state index in [1.807, 2.05) is 0 Å². The number of amides is 1. The molecule has 0 radical (unpaired) electrons. The zero-order valence-electron chi connectivity index (χ0n) is 11.5. The number of carboxylic acid groups (broad SMARTS) is 2. The Kier molecular flexibility index (Phi) is 4.45. The molecule has 0 unspecified atom stereocenters. The molecule has 0 saturated carbocycles. The monoisotopic (exact) mass is 305 g/mol. The SMILES string of the molecule is O=C(O)c1ccc(NC(=O)[C@@H]2CC=CC[C@@H]2C(=O)O)cc1O. The maximum Gasteiger partial charge on any atom is 0.339 e. The fraction of sp³-hybridized carbons (Fsp3) is 0.267. The van der Waals surface area contributed by atoms with Gasteiger partial charge in [0.2, 0.25) is 5.91 Å². The van der Waals surface area contributed by atoms with Crippen molar-refractivity contribution in [2.75, 3.05) is 5.32 Å². The summed E-state index contributed by atoms with van der Waals surface area (Å²) in [5.74, 6) is -4.75. The van der Waals surface area contributed by atoms with E-state index in [2.05, 4.69) is 5.32 Å². The Morgan fingerprint density at radius 2 is 1.68 bits per heavy atom. The summed E-state index contributed by atoms with van der Waals surface area (Å²) in [7, 11) is 0. The lowest BCUT2D eigenvalue weighted by atomic mass is 9.82. The highest BCUT2D eigenvalue weighted by Gasteiger charge is 2.34. The second-order valence-electron chi connectivity index (χ2n) is 5.02. The minimum atomic E-state index is -1.28. The van der Waals surface area contributed by atoms with Crippen molar-refractivity contribution in [3.8, 4) is 5.75 Å². The number of phenols is 1. The number of rotatable bonds is 4. The van der Waals surface area contributed by atoms with Crippen LogP contribution in [0.15, 0.2) is 30.4 Å². The molecule has 0 heterocycles. The number of nitrogens with one attached hydrogen (secondary N) is 1. The van der Waals surface area contributed by atoms with Crippen LogP contribution >= 0.6 is 0 Å². The molecule has 1 aromatic rings. The second-order valence-corrected chi connectivity index (χ2v) is 5.02. The Labute approximate surface area is 125 Å². The van der Waals surface area contributed by atoms with Crippen LogP contribution in [0.1, 0.15) is 23.2 Å². The third kappa shape index (κ3) is 3.25. The van der Waals surface area contributed by atoms with E-state index in [1.165, 1.54) is 12.1 Å². The summed E-state index contributed by atoms with van der Waals surface area (Å²) in [6.07, 6.45) is 4.10. The number of carbonyl (C=O) groups is 3. The van der Waals surface area contributed by atoms with Crippen molar-refractivity contribution in [2.24, 2.45) is 11.8 Å². The lowest BCUT2D eigenvalue weighted by Gasteiger charge is -2.24. The van der Waals surface area contributed by atoms with Crippen LogP contribution < -0.4 is 5.32 Å². The van der Waals surface area contributed by atoms with Gasteiger partial charge in [0.05, 0.1) is 11.8 Å². The minimum absolute atomic E-state index is 0.214. The van der Waals surface area contributed by atoms with Crippen molar-refractivity contribution in [3.05, 3.63) is 35.9 Å². The zero-order chi connectivity index (χ0) is 16.3. The Morgan fingerprint density at radius 3 is 2.23 bits per heavy atom. The number of allylic oxidation sites excluding steroid dienone is 2. The van der Waals surface area contributed by atoms with E-state index < -0.39 is 35.4 Å². The van der Waals surface area contributed by atoms with E-state index in [0.717, 1.165) is 6.07 Å². The minimum Gasteiger partial charge on any atom is -0.507 e. The van der Waals surface area contributed by atoms with E-state index in [0.29, 0.717) is 6.42 Å². The Hall–Kier alpha value is -2.83. The normalized spacial score (nSPS) is 20.4.